The van der Waals surface area contributed by atoms with Gasteiger partial charge in [0.1, 0.15) is 0 Å². The summed E-state index contributed by atoms with van der Waals surface area (Å²) in [4.78, 5) is 2.91. The molecule has 0 amide bonds. The predicted octanol–water partition coefficient (Wildman–Crippen LogP) is 4.05. The third kappa shape index (κ3) is 3.57. The fraction of sp³-hybridized carbons (Fsp3) is 1.00. The molecule has 2 rings (SSSR count). The van der Waals surface area contributed by atoms with E-state index in [0.29, 0.717) is 11.5 Å². The average molecular weight is 280 g/mol. The molecule has 2 heteroatoms. The van der Waals surface area contributed by atoms with Gasteiger partial charge in [0.25, 0.3) is 0 Å². The summed E-state index contributed by atoms with van der Waals surface area (Å²) < 4.78 is 0. The van der Waals surface area contributed by atoms with Crippen molar-refractivity contribution >= 4 is 0 Å². The van der Waals surface area contributed by atoms with E-state index in [9.17, 15) is 0 Å². The van der Waals surface area contributed by atoms with Gasteiger partial charge in [0, 0.05) is 18.1 Å². The minimum Gasteiger partial charge on any atom is -0.315 e. The molecule has 2 aliphatic rings. The lowest BCUT2D eigenvalue weighted by molar-refractivity contribution is 0.0976. The van der Waals surface area contributed by atoms with Crippen LogP contribution in [0.5, 0.6) is 0 Å². The molecule has 2 fully saturated rings. The van der Waals surface area contributed by atoms with Gasteiger partial charge in [-0.1, -0.05) is 40.5 Å². The van der Waals surface area contributed by atoms with Crippen molar-refractivity contribution in [1.82, 2.24) is 10.2 Å². The van der Waals surface area contributed by atoms with E-state index in [1.165, 1.54) is 51.5 Å². The number of hydrogen-bond acceptors (Lipinski definition) is 2. The molecule has 0 aromatic carbocycles. The van der Waals surface area contributed by atoms with Crippen LogP contribution in [0.25, 0.3) is 0 Å². The molecule has 2 aliphatic carbocycles. The lowest BCUT2D eigenvalue weighted by Gasteiger charge is -2.40. The highest BCUT2D eigenvalue weighted by Crippen LogP contribution is 2.41. The lowest BCUT2D eigenvalue weighted by atomic mass is 9.86. The van der Waals surface area contributed by atoms with Crippen molar-refractivity contribution in [2.75, 3.05) is 13.6 Å². The number of hydrogen-bond donors (Lipinski definition) is 1. The van der Waals surface area contributed by atoms with E-state index in [0.717, 1.165) is 18.0 Å². The topological polar surface area (TPSA) is 15.3 Å². The second-order valence-corrected chi connectivity index (χ2v) is 8.22. The van der Waals surface area contributed by atoms with E-state index in [-0.39, 0.29) is 0 Å². The van der Waals surface area contributed by atoms with Gasteiger partial charge in [-0.2, -0.15) is 0 Å². The van der Waals surface area contributed by atoms with Crippen LogP contribution < -0.4 is 5.32 Å². The second-order valence-electron chi connectivity index (χ2n) is 8.22. The molecular weight excluding hydrogens is 244 g/mol. The van der Waals surface area contributed by atoms with Crippen LogP contribution in [0.15, 0.2) is 0 Å². The van der Waals surface area contributed by atoms with Gasteiger partial charge >= 0.3 is 0 Å². The largest absolute Gasteiger partial charge is 0.315 e. The predicted molar refractivity (Wildman–Crippen MR) is 88.1 cm³/mol. The Kier molecular flexibility index (Phi) is 5.53. The summed E-state index contributed by atoms with van der Waals surface area (Å²) in [6.45, 7) is 10.9. The van der Waals surface area contributed by atoms with Crippen LogP contribution in [0, 0.1) is 11.3 Å². The third-order valence-electron chi connectivity index (χ3n) is 5.81. The van der Waals surface area contributed by atoms with Crippen LogP contribution in [-0.4, -0.2) is 36.6 Å². The van der Waals surface area contributed by atoms with E-state index >= 15 is 0 Å². The molecule has 2 saturated carbocycles. The zero-order chi connectivity index (χ0) is 14.8. The molecule has 0 bridgehead atoms. The van der Waals surface area contributed by atoms with Gasteiger partial charge in [-0.15, -0.1) is 0 Å². The molecule has 0 radical (unpaired) electrons. The van der Waals surface area contributed by atoms with Gasteiger partial charge in [0.2, 0.25) is 0 Å². The normalized spacial score (nSPS) is 30.8. The molecular formula is C18H36N2. The number of nitrogens with zero attached hydrogens (tertiary/aromatic N) is 1. The van der Waals surface area contributed by atoms with E-state index in [4.69, 9.17) is 0 Å². The van der Waals surface area contributed by atoms with Crippen LogP contribution in [-0.2, 0) is 0 Å². The SMILES string of the molecule is CNC1C(N(CCC(C)C)C2CCCC2)CCC1(C)C. The molecule has 0 saturated heterocycles. The Labute approximate surface area is 126 Å². The van der Waals surface area contributed by atoms with Crippen LogP contribution in [0.3, 0.4) is 0 Å². The number of nitrogens with one attached hydrogen (secondary N) is 1. The Morgan fingerprint density at radius 2 is 1.80 bits per heavy atom. The maximum Gasteiger partial charge on any atom is 0.0271 e. The van der Waals surface area contributed by atoms with E-state index in [1.807, 2.05) is 0 Å². The minimum absolute atomic E-state index is 0.452. The summed E-state index contributed by atoms with van der Waals surface area (Å²) in [6.07, 6.45) is 9.87. The Hall–Kier alpha value is -0.0800. The molecule has 1 N–H and O–H groups in total. The first-order chi connectivity index (χ1) is 9.45. The third-order valence-corrected chi connectivity index (χ3v) is 5.81. The monoisotopic (exact) mass is 280 g/mol. The van der Waals surface area contributed by atoms with E-state index in [1.54, 1.807) is 0 Å². The van der Waals surface area contributed by atoms with Gasteiger partial charge in [0.15, 0.2) is 0 Å². The number of rotatable bonds is 6. The average Bonchev–Trinajstić information content (AvgIpc) is 2.98. The summed E-state index contributed by atoms with van der Waals surface area (Å²) in [5.41, 5.74) is 0.452. The zero-order valence-electron chi connectivity index (χ0n) is 14.4. The molecule has 20 heavy (non-hydrogen) atoms. The van der Waals surface area contributed by atoms with E-state index in [2.05, 4.69) is 45.0 Å². The van der Waals surface area contributed by atoms with Gasteiger partial charge in [-0.05, 0) is 57.0 Å². The number of likely N-dealkylation sites (N-methyl/N-ethyl adjacent to an activating group) is 1. The first kappa shape index (κ1) is 16.3. The maximum absolute atomic E-state index is 3.65. The summed E-state index contributed by atoms with van der Waals surface area (Å²) in [5.74, 6) is 0.821. The lowest BCUT2D eigenvalue weighted by Crippen LogP contribution is -2.53. The van der Waals surface area contributed by atoms with Crippen molar-refractivity contribution in [3.63, 3.8) is 0 Å². The summed E-state index contributed by atoms with van der Waals surface area (Å²) in [6, 6.07) is 2.29. The highest BCUT2D eigenvalue weighted by Gasteiger charge is 2.45. The molecule has 2 atom stereocenters. The second kappa shape index (κ2) is 6.79. The van der Waals surface area contributed by atoms with Crippen LogP contribution >= 0.6 is 0 Å². The molecule has 0 aliphatic heterocycles. The molecule has 0 spiro atoms. The van der Waals surface area contributed by atoms with Gasteiger partial charge in [-0.3, -0.25) is 4.90 Å². The van der Waals surface area contributed by atoms with Gasteiger partial charge in [-0.25, -0.2) is 0 Å². The first-order valence-corrected chi connectivity index (χ1v) is 8.88. The summed E-state index contributed by atoms with van der Waals surface area (Å²) >= 11 is 0. The molecule has 118 valence electrons. The van der Waals surface area contributed by atoms with Crippen molar-refractivity contribution in [2.45, 2.75) is 90.8 Å². The Bertz CT molecular complexity index is 292. The Morgan fingerprint density at radius 3 is 2.35 bits per heavy atom. The Morgan fingerprint density at radius 1 is 1.15 bits per heavy atom. The Balaban J connectivity index is 2.08. The zero-order valence-corrected chi connectivity index (χ0v) is 14.4. The highest BCUT2D eigenvalue weighted by atomic mass is 15.2. The smallest absolute Gasteiger partial charge is 0.0271 e. The summed E-state index contributed by atoms with van der Waals surface area (Å²) in [5, 5.41) is 3.65. The minimum atomic E-state index is 0.452. The molecule has 2 nitrogen and oxygen atoms in total. The molecule has 0 aromatic heterocycles. The van der Waals surface area contributed by atoms with Gasteiger partial charge < -0.3 is 5.32 Å². The van der Waals surface area contributed by atoms with Crippen molar-refractivity contribution < 1.29 is 0 Å². The fourth-order valence-corrected chi connectivity index (χ4v) is 4.57. The van der Waals surface area contributed by atoms with Crippen molar-refractivity contribution in [1.29, 1.82) is 0 Å². The molecule has 0 aromatic rings. The van der Waals surface area contributed by atoms with Crippen molar-refractivity contribution in [3.05, 3.63) is 0 Å². The standard InChI is InChI=1S/C18H36N2/c1-14(2)11-13-20(15-8-6-7-9-15)16-10-12-18(3,4)17(16)19-5/h14-17,19H,6-13H2,1-5H3. The van der Waals surface area contributed by atoms with Crippen LogP contribution in [0.2, 0.25) is 0 Å². The van der Waals surface area contributed by atoms with Gasteiger partial charge in [0.05, 0.1) is 0 Å². The van der Waals surface area contributed by atoms with Crippen molar-refractivity contribution in [2.24, 2.45) is 11.3 Å². The molecule has 0 heterocycles. The van der Waals surface area contributed by atoms with Crippen LogP contribution in [0.1, 0.15) is 72.6 Å². The maximum atomic E-state index is 3.65. The molecule has 2 unspecified atom stereocenters. The van der Waals surface area contributed by atoms with Crippen molar-refractivity contribution in [3.8, 4) is 0 Å². The quantitative estimate of drug-likeness (QED) is 0.789. The highest BCUT2D eigenvalue weighted by molar-refractivity contribution is 5.02. The summed E-state index contributed by atoms with van der Waals surface area (Å²) in [7, 11) is 2.17. The fourth-order valence-electron chi connectivity index (χ4n) is 4.57. The van der Waals surface area contributed by atoms with Crippen LogP contribution in [0.4, 0.5) is 0 Å². The first-order valence-electron chi connectivity index (χ1n) is 8.88. The van der Waals surface area contributed by atoms with E-state index < -0.39 is 0 Å².